The van der Waals surface area contributed by atoms with E-state index in [0.29, 0.717) is 31.4 Å². The maximum atomic E-state index is 13.0. The lowest BCUT2D eigenvalue weighted by molar-refractivity contribution is -0.154. The summed E-state index contributed by atoms with van der Waals surface area (Å²) in [6.07, 6.45) is 12.7. The van der Waals surface area contributed by atoms with Crippen LogP contribution in [0.3, 0.4) is 0 Å². The molecule has 0 aliphatic carbocycles. The molecule has 0 unspecified atom stereocenters. The van der Waals surface area contributed by atoms with E-state index in [1.165, 1.54) is 13.2 Å². The van der Waals surface area contributed by atoms with E-state index in [1.807, 2.05) is 52.0 Å². The van der Waals surface area contributed by atoms with Crippen molar-refractivity contribution < 1.29 is 34.1 Å². The summed E-state index contributed by atoms with van der Waals surface area (Å²) < 4.78 is 11.3. The number of anilines is 1. The first-order chi connectivity index (χ1) is 20.4. The minimum atomic E-state index is -0.842. The number of carbonyl (C=O) groups excluding carboxylic acids is 3. The predicted octanol–water partition coefficient (Wildman–Crippen LogP) is 5.15. The van der Waals surface area contributed by atoms with Crippen molar-refractivity contribution in [1.29, 1.82) is 0 Å². The Bertz CT molecular complexity index is 1200. The van der Waals surface area contributed by atoms with Crippen LogP contribution in [0.25, 0.3) is 0 Å². The molecule has 0 radical (unpaired) electrons. The molecule has 1 aromatic carbocycles. The van der Waals surface area contributed by atoms with Gasteiger partial charge in [-0.05, 0) is 62.3 Å². The first-order valence-corrected chi connectivity index (χ1v) is 14.9. The summed E-state index contributed by atoms with van der Waals surface area (Å²) in [5, 5.41) is 26.8. The summed E-state index contributed by atoms with van der Waals surface area (Å²) >= 11 is 0. The molecule has 2 amide bonds. The van der Waals surface area contributed by atoms with Crippen molar-refractivity contribution >= 4 is 23.5 Å². The Balaban J connectivity index is 2.33. The average molecular weight is 597 g/mol. The van der Waals surface area contributed by atoms with Crippen molar-refractivity contribution in [3.63, 3.8) is 0 Å². The number of aliphatic hydroxyl groups excluding tert-OH is 1. The van der Waals surface area contributed by atoms with Crippen LogP contribution >= 0.6 is 0 Å². The van der Waals surface area contributed by atoms with Crippen LogP contribution in [0.5, 0.6) is 5.75 Å². The number of benzene rings is 1. The van der Waals surface area contributed by atoms with Crippen LogP contribution in [-0.4, -0.2) is 59.5 Å². The SMILES string of the molecule is CO[C@H]1/C=C/C=C/C=C/C[C@H](O)[C@H](C)[C@@H](OC(=O)[C@@H](C)NC(=O)CC(C)C)/C(C)=C\CCc2cc(O)cc(c2)NC(=O)C1. The van der Waals surface area contributed by atoms with E-state index in [2.05, 4.69) is 10.6 Å². The third-order valence-electron chi connectivity index (χ3n) is 7.12. The van der Waals surface area contributed by atoms with Crippen LogP contribution in [0.15, 0.2) is 66.3 Å². The molecule has 43 heavy (non-hydrogen) atoms. The molecule has 1 aliphatic heterocycles. The van der Waals surface area contributed by atoms with Crippen molar-refractivity contribution in [3.05, 3.63) is 71.9 Å². The van der Waals surface area contributed by atoms with Crippen LogP contribution < -0.4 is 10.6 Å². The normalized spacial score (nSPS) is 26.5. The summed E-state index contributed by atoms with van der Waals surface area (Å²) in [6, 6.07) is 4.09. The van der Waals surface area contributed by atoms with Crippen LogP contribution in [0.4, 0.5) is 5.69 Å². The molecule has 0 fully saturated rings. The number of phenolic OH excluding ortho intramolecular Hbond substituents is 1. The van der Waals surface area contributed by atoms with Crippen molar-refractivity contribution in [2.75, 3.05) is 12.4 Å². The van der Waals surface area contributed by atoms with Gasteiger partial charge < -0.3 is 30.3 Å². The molecule has 2 rings (SSSR count). The molecular formula is C34H48N2O7. The summed E-state index contributed by atoms with van der Waals surface area (Å²) in [4.78, 5) is 37.9. The predicted molar refractivity (Wildman–Crippen MR) is 168 cm³/mol. The van der Waals surface area contributed by atoms with Gasteiger partial charge >= 0.3 is 5.97 Å². The van der Waals surface area contributed by atoms with Crippen LogP contribution in [0.1, 0.15) is 65.9 Å². The largest absolute Gasteiger partial charge is 0.508 e. The lowest BCUT2D eigenvalue weighted by atomic mass is 9.90. The second kappa shape index (κ2) is 18.1. The summed E-state index contributed by atoms with van der Waals surface area (Å²) in [5.41, 5.74) is 2.05. The van der Waals surface area contributed by atoms with Gasteiger partial charge in [0, 0.05) is 31.2 Å². The molecule has 9 nitrogen and oxygen atoms in total. The van der Waals surface area contributed by atoms with Gasteiger partial charge in [0.05, 0.1) is 18.6 Å². The van der Waals surface area contributed by atoms with E-state index >= 15 is 0 Å². The molecule has 4 N–H and O–H groups in total. The molecule has 2 bridgehead atoms. The van der Waals surface area contributed by atoms with Gasteiger partial charge in [-0.2, -0.15) is 0 Å². The number of hydrogen-bond acceptors (Lipinski definition) is 7. The van der Waals surface area contributed by atoms with Gasteiger partial charge in [0.15, 0.2) is 0 Å². The number of carbonyl (C=O) groups is 3. The Morgan fingerprint density at radius 3 is 2.53 bits per heavy atom. The highest BCUT2D eigenvalue weighted by Gasteiger charge is 2.30. The number of ether oxygens (including phenoxy) is 2. The maximum absolute atomic E-state index is 13.0. The van der Waals surface area contributed by atoms with Gasteiger partial charge in [0.1, 0.15) is 17.9 Å². The number of esters is 1. The summed E-state index contributed by atoms with van der Waals surface area (Å²) in [6.45, 7) is 9.13. The number of hydrogen-bond donors (Lipinski definition) is 4. The van der Waals surface area contributed by atoms with Gasteiger partial charge in [-0.1, -0.05) is 63.3 Å². The van der Waals surface area contributed by atoms with E-state index in [-0.39, 0.29) is 29.9 Å². The third kappa shape index (κ3) is 13.0. The van der Waals surface area contributed by atoms with Crippen molar-refractivity contribution in [2.24, 2.45) is 11.8 Å². The maximum Gasteiger partial charge on any atom is 0.328 e. The lowest BCUT2D eigenvalue weighted by Gasteiger charge is -2.29. The van der Waals surface area contributed by atoms with Gasteiger partial charge in [0.2, 0.25) is 11.8 Å². The van der Waals surface area contributed by atoms with Crippen LogP contribution in [0.2, 0.25) is 0 Å². The molecule has 0 saturated heterocycles. The Kier molecular flexibility index (Phi) is 14.9. The van der Waals surface area contributed by atoms with Gasteiger partial charge in [-0.25, -0.2) is 4.79 Å². The lowest BCUT2D eigenvalue weighted by Crippen LogP contribution is -2.43. The number of fused-ring (bicyclic) bond motifs is 2. The number of methoxy groups -OCH3 is 1. The Morgan fingerprint density at radius 2 is 1.84 bits per heavy atom. The number of nitrogens with one attached hydrogen (secondary N) is 2. The van der Waals surface area contributed by atoms with E-state index in [4.69, 9.17) is 9.47 Å². The zero-order valence-electron chi connectivity index (χ0n) is 26.2. The fraction of sp³-hybridized carbons (Fsp3) is 0.500. The zero-order chi connectivity index (χ0) is 31.9. The van der Waals surface area contributed by atoms with Gasteiger partial charge in [-0.3, -0.25) is 9.59 Å². The monoisotopic (exact) mass is 596 g/mol. The average Bonchev–Trinajstić information content (AvgIpc) is 2.92. The highest BCUT2D eigenvalue weighted by Crippen LogP contribution is 2.25. The smallest absolute Gasteiger partial charge is 0.328 e. The van der Waals surface area contributed by atoms with E-state index in [9.17, 15) is 24.6 Å². The molecule has 1 aliphatic rings. The molecule has 236 valence electrons. The Hall–Kier alpha value is -3.69. The third-order valence-corrected chi connectivity index (χ3v) is 7.12. The zero-order valence-corrected chi connectivity index (χ0v) is 26.2. The molecule has 9 heteroatoms. The second-order valence-electron chi connectivity index (χ2n) is 11.5. The number of rotatable bonds is 6. The summed E-state index contributed by atoms with van der Waals surface area (Å²) in [5.74, 6) is -1.30. The number of phenols is 1. The minimum Gasteiger partial charge on any atom is -0.508 e. The molecule has 0 saturated carbocycles. The van der Waals surface area contributed by atoms with Crippen LogP contribution in [0, 0.1) is 11.8 Å². The number of aliphatic hydroxyl groups is 1. The molecule has 0 aromatic heterocycles. The van der Waals surface area contributed by atoms with Gasteiger partial charge in [0.25, 0.3) is 0 Å². The fourth-order valence-corrected chi connectivity index (χ4v) is 4.70. The number of allylic oxidation sites excluding steroid dienone is 5. The van der Waals surface area contributed by atoms with E-state index in [0.717, 1.165) is 11.1 Å². The highest BCUT2D eigenvalue weighted by atomic mass is 16.5. The van der Waals surface area contributed by atoms with E-state index < -0.39 is 36.2 Å². The fourth-order valence-electron chi connectivity index (χ4n) is 4.70. The second-order valence-corrected chi connectivity index (χ2v) is 11.5. The molecule has 1 aromatic rings. The van der Waals surface area contributed by atoms with Crippen LogP contribution in [-0.2, 0) is 30.3 Å². The minimum absolute atomic E-state index is 0.0322. The van der Waals surface area contributed by atoms with Crippen molar-refractivity contribution in [3.8, 4) is 5.75 Å². The van der Waals surface area contributed by atoms with Gasteiger partial charge in [-0.15, -0.1) is 0 Å². The standard InChI is InChI=1S/C34H48N2O7/c1-22(2)17-31(39)35-25(5)34(41)43-33-23(3)13-12-14-26-18-27(20-28(37)19-26)36-32(40)21-29(42-6)15-10-8-7-9-11-16-30(38)24(33)4/h7-11,13,15,18-20,22,24-25,29-30,33,37-38H,12,14,16-17,21H2,1-6H3,(H,35,39)(H,36,40)/b8-7+,11-9+,15-10+,23-13-/t24-,25+,29-,30-,33-/m0/s1. The molecule has 0 spiro atoms. The van der Waals surface area contributed by atoms with Crippen molar-refractivity contribution in [1.82, 2.24) is 5.32 Å². The Labute approximate surface area is 255 Å². The van der Waals surface area contributed by atoms with E-state index in [1.54, 1.807) is 37.3 Å². The quantitative estimate of drug-likeness (QED) is 0.264. The van der Waals surface area contributed by atoms with Crippen molar-refractivity contribution in [2.45, 2.75) is 91.1 Å². The number of aryl methyl sites for hydroxylation is 1. The highest BCUT2D eigenvalue weighted by molar-refractivity contribution is 5.91. The molecular weight excluding hydrogens is 548 g/mol. The topological polar surface area (TPSA) is 134 Å². The molecule has 5 atom stereocenters. The summed E-state index contributed by atoms with van der Waals surface area (Å²) in [7, 11) is 1.53. The first kappa shape index (κ1) is 35.5. The number of aromatic hydroxyl groups is 1. The first-order valence-electron chi connectivity index (χ1n) is 14.9. The Morgan fingerprint density at radius 1 is 1.12 bits per heavy atom. The number of amides is 2. The molecule has 1 heterocycles.